The molecule has 1 aromatic carbocycles. The number of nitrogens with zero attached hydrogens (tertiary/aromatic N) is 2. The van der Waals surface area contributed by atoms with Crippen LogP contribution in [0.15, 0.2) is 18.2 Å². The van der Waals surface area contributed by atoms with Crippen molar-refractivity contribution in [1.29, 1.82) is 5.26 Å². The molecule has 0 spiro atoms. The van der Waals surface area contributed by atoms with Crippen molar-refractivity contribution in [3.63, 3.8) is 0 Å². The summed E-state index contributed by atoms with van der Waals surface area (Å²) in [5.74, 6) is 0.519. The van der Waals surface area contributed by atoms with Crippen LogP contribution in [0.2, 0.25) is 0 Å². The van der Waals surface area contributed by atoms with Gasteiger partial charge in [-0.05, 0) is 38.5 Å². The monoisotopic (exact) mass is 364 g/mol. The number of fused-ring (bicyclic) bond motifs is 1. The van der Waals surface area contributed by atoms with Crippen LogP contribution >= 0.6 is 7.60 Å². The van der Waals surface area contributed by atoms with Gasteiger partial charge in [-0.2, -0.15) is 5.26 Å². The highest BCUT2D eigenvalue weighted by atomic mass is 31.2. The van der Waals surface area contributed by atoms with E-state index in [2.05, 4.69) is 6.07 Å². The molecule has 134 valence electrons. The molecule has 0 saturated carbocycles. The molecule has 25 heavy (non-hydrogen) atoms. The van der Waals surface area contributed by atoms with E-state index in [0.717, 1.165) is 13.1 Å². The molecule has 0 aliphatic carbocycles. The zero-order valence-electron chi connectivity index (χ0n) is 14.4. The van der Waals surface area contributed by atoms with E-state index in [1.54, 1.807) is 36.9 Å². The van der Waals surface area contributed by atoms with Crippen molar-refractivity contribution in [2.45, 2.75) is 44.4 Å². The Morgan fingerprint density at radius 2 is 2.20 bits per heavy atom. The number of hydrogen-bond donors (Lipinski definition) is 1. The van der Waals surface area contributed by atoms with E-state index < -0.39 is 25.3 Å². The van der Waals surface area contributed by atoms with Gasteiger partial charge >= 0.3 is 7.60 Å². The molecule has 1 N–H and O–H groups in total. The van der Waals surface area contributed by atoms with Gasteiger partial charge in [0.1, 0.15) is 17.5 Å². The van der Waals surface area contributed by atoms with Crippen molar-refractivity contribution >= 4 is 13.5 Å². The summed E-state index contributed by atoms with van der Waals surface area (Å²) in [6.45, 7) is 5.19. The molecule has 1 aromatic rings. The van der Waals surface area contributed by atoms with E-state index in [1.807, 2.05) is 0 Å². The van der Waals surface area contributed by atoms with Crippen molar-refractivity contribution in [3.8, 4) is 11.8 Å². The normalized spacial score (nSPS) is 27.2. The molecule has 2 heterocycles. The third-order valence-electron chi connectivity index (χ3n) is 4.56. The molecule has 0 aromatic heterocycles. The lowest BCUT2D eigenvalue weighted by Gasteiger charge is -2.47. The van der Waals surface area contributed by atoms with Crippen LogP contribution in [-0.2, 0) is 13.9 Å². The number of likely N-dealkylation sites (tertiary alicyclic amines) is 1. The minimum Gasteiger partial charge on any atom is -0.485 e. The van der Waals surface area contributed by atoms with Crippen molar-refractivity contribution in [1.82, 2.24) is 4.90 Å². The Labute approximate surface area is 146 Å². The molecule has 1 unspecified atom stereocenters. The summed E-state index contributed by atoms with van der Waals surface area (Å²) in [7, 11) is -3.83. The summed E-state index contributed by atoms with van der Waals surface area (Å²) in [6, 6.07) is 6.51. The molecule has 1 saturated heterocycles. The largest absolute Gasteiger partial charge is 0.485 e. The van der Waals surface area contributed by atoms with Gasteiger partial charge in [0.25, 0.3) is 0 Å². The topological polar surface area (TPSA) is 99.9 Å². The highest BCUT2D eigenvalue weighted by Gasteiger charge is 2.51. The van der Waals surface area contributed by atoms with E-state index in [0.29, 0.717) is 29.8 Å². The predicted molar refractivity (Wildman–Crippen MR) is 90.2 cm³/mol. The van der Waals surface area contributed by atoms with Crippen molar-refractivity contribution in [2.24, 2.45) is 0 Å². The Morgan fingerprint density at radius 3 is 2.76 bits per heavy atom. The third-order valence-corrected chi connectivity index (χ3v) is 5.18. The molecule has 1 amide bonds. The fourth-order valence-electron chi connectivity index (χ4n) is 3.52. The number of ether oxygens (including phenoxy) is 1. The second-order valence-electron chi connectivity index (χ2n) is 7.03. The zero-order valence-corrected chi connectivity index (χ0v) is 15.3. The second kappa shape index (κ2) is 6.14. The van der Waals surface area contributed by atoms with Gasteiger partial charge in [-0.3, -0.25) is 13.9 Å². The minimum absolute atomic E-state index is 0.0338. The lowest BCUT2D eigenvalue weighted by molar-refractivity contribution is -0.138. The molecule has 0 bridgehead atoms. The molecule has 2 aliphatic rings. The van der Waals surface area contributed by atoms with Gasteiger partial charge < -0.3 is 14.5 Å². The number of carbonyl (C=O) groups is 1. The van der Waals surface area contributed by atoms with E-state index in [1.165, 1.54) is 0 Å². The van der Waals surface area contributed by atoms with Crippen LogP contribution in [0.5, 0.6) is 5.75 Å². The molecule has 2 aliphatic heterocycles. The minimum atomic E-state index is -3.83. The van der Waals surface area contributed by atoms with Gasteiger partial charge in [0, 0.05) is 25.2 Å². The molecule has 3 atom stereocenters. The maximum atomic E-state index is 12.4. The first-order valence-electron chi connectivity index (χ1n) is 8.13. The van der Waals surface area contributed by atoms with Gasteiger partial charge in [-0.15, -0.1) is 0 Å². The summed E-state index contributed by atoms with van der Waals surface area (Å²) >= 11 is 0. The van der Waals surface area contributed by atoms with Crippen molar-refractivity contribution < 1.29 is 23.5 Å². The average molecular weight is 364 g/mol. The summed E-state index contributed by atoms with van der Waals surface area (Å²) in [5.41, 5.74) is 0.136. The summed E-state index contributed by atoms with van der Waals surface area (Å²) in [6.07, 6.45) is 0.317. The Bertz CT molecular complexity index is 795. The fraction of sp³-hybridized carbons (Fsp3) is 0.529. The molecule has 1 fully saturated rings. The van der Waals surface area contributed by atoms with Gasteiger partial charge in [0.05, 0.1) is 17.7 Å². The van der Waals surface area contributed by atoms with Crippen LogP contribution in [0.3, 0.4) is 0 Å². The van der Waals surface area contributed by atoms with E-state index in [-0.39, 0.29) is 5.91 Å². The third kappa shape index (κ3) is 3.43. The number of amides is 1. The first kappa shape index (κ1) is 17.9. The standard InChI is InChI=1S/C17H21N2O5P/c1-17(2)16(24-25(3,21)22)15(19-8-4-5-14(19)20)12-9-11(10-18)6-7-13(12)23-17/h6-7,9,15-16H,4-5,8H2,1-3H3,(H,21,22)/t15-,16+/m0/s1. The quantitative estimate of drug-likeness (QED) is 0.828. The highest BCUT2D eigenvalue weighted by Crippen LogP contribution is 2.51. The smallest absolute Gasteiger partial charge is 0.325 e. The van der Waals surface area contributed by atoms with Crippen molar-refractivity contribution in [2.75, 3.05) is 13.2 Å². The lowest BCUT2D eigenvalue weighted by atomic mass is 9.85. The van der Waals surface area contributed by atoms with E-state index in [9.17, 15) is 19.5 Å². The van der Waals surface area contributed by atoms with Crippen molar-refractivity contribution in [3.05, 3.63) is 29.3 Å². The Morgan fingerprint density at radius 1 is 1.48 bits per heavy atom. The number of benzene rings is 1. The molecular weight excluding hydrogens is 343 g/mol. The predicted octanol–water partition coefficient (Wildman–Crippen LogP) is 2.59. The number of nitriles is 1. The van der Waals surface area contributed by atoms with E-state index in [4.69, 9.17) is 9.26 Å². The summed E-state index contributed by atoms with van der Waals surface area (Å²) < 4.78 is 23.5. The average Bonchev–Trinajstić information content (AvgIpc) is 2.92. The Balaban J connectivity index is 2.16. The first-order chi connectivity index (χ1) is 11.6. The van der Waals surface area contributed by atoms with Gasteiger partial charge in [0.15, 0.2) is 0 Å². The van der Waals surface area contributed by atoms with Crippen LogP contribution in [-0.4, -0.2) is 40.6 Å². The molecule has 3 rings (SSSR count). The molecule has 8 heteroatoms. The second-order valence-corrected chi connectivity index (χ2v) is 8.85. The van der Waals surface area contributed by atoms with Crippen LogP contribution in [0, 0.1) is 11.3 Å². The Hall–Kier alpha value is -1.87. The Kier molecular flexibility index (Phi) is 4.40. The van der Waals surface area contributed by atoms with Gasteiger partial charge in [0.2, 0.25) is 5.91 Å². The zero-order chi connectivity index (χ0) is 18.4. The summed E-state index contributed by atoms with van der Waals surface area (Å²) in [5, 5.41) is 9.21. The SMILES string of the molecule is CC1(C)Oc2ccc(C#N)cc2[C@H](N2CCCC2=O)[C@H]1OP(C)(=O)O. The van der Waals surface area contributed by atoms with Crippen LogP contribution < -0.4 is 4.74 Å². The van der Waals surface area contributed by atoms with Crippen LogP contribution in [0.4, 0.5) is 0 Å². The lowest BCUT2D eigenvalue weighted by Crippen LogP contribution is -2.54. The first-order valence-corrected chi connectivity index (χ1v) is 10.2. The summed E-state index contributed by atoms with van der Waals surface area (Å²) in [4.78, 5) is 23.9. The maximum absolute atomic E-state index is 12.4. The molecular formula is C17H21N2O5P. The van der Waals surface area contributed by atoms with Crippen LogP contribution in [0.1, 0.15) is 43.9 Å². The number of rotatable bonds is 3. The van der Waals surface area contributed by atoms with Gasteiger partial charge in [-0.1, -0.05) is 0 Å². The van der Waals surface area contributed by atoms with Crippen LogP contribution in [0.25, 0.3) is 0 Å². The fourth-order valence-corrected chi connectivity index (χ4v) is 4.31. The van der Waals surface area contributed by atoms with E-state index >= 15 is 0 Å². The number of carbonyl (C=O) groups excluding carboxylic acids is 1. The maximum Gasteiger partial charge on any atom is 0.325 e. The highest BCUT2D eigenvalue weighted by molar-refractivity contribution is 7.51. The molecule has 0 radical (unpaired) electrons. The van der Waals surface area contributed by atoms with Gasteiger partial charge in [-0.25, -0.2) is 0 Å². The molecule has 7 nitrogen and oxygen atoms in total. The number of hydrogen-bond acceptors (Lipinski definition) is 5.